The molecule has 3 atom stereocenters. The Labute approximate surface area is 149 Å². The SMILES string of the molecule is CC(=O)NC[C@H]1C(=O)N2C[C@@H](NS(C)(=O)=O)C[C@H]2CN1C1CCCC1. The summed E-state index contributed by atoms with van der Waals surface area (Å²) in [5.41, 5.74) is 0. The molecule has 2 aliphatic heterocycles. The van der Waals surface area contributed by atoms with Crippen LogP contribution in [0.2, 0.25) is 0 Å². The van der Waals surface area contributed by atoms with Crippen LogP contribution >= 0.6 is 0 Å². The fraction of sp³-hybridized carbons (Fsp3) is 0.875. The number of carbonyl (C=O) groups excluding carboxylic acids is 2. The van der Waals surface area contributed by atoms with Crippen LogP contribution in [0.15, 0.2) is 0 Å². The molecule has 2 amide bonds. The molecule has 3 aliphatic rings. The number of carbonyl (C=O) groups is 2. The van der Waals surface area contributed by atoms with E-state index in [1.165, 1.54) is 19.8 Å². The molecule has 25 heavy (non-hydrogen) atoms. The molecular weight excluding hydrogens is 344 g/mol. The second kappa shape index (κ2) is 7.20. The zero-order chi connectivity index (χ0) is 18.2. The number of piperazine rings is 1. The standard InChI is InChI=1S/C16H28N4O4S/c1-11(21)17-8-15-16(22)20-9-12(18-25(2,23)24)7-14(20)10-19(15)13-5-3-4-6-13/h12-15,18H,3-10H2,1-2H3,(H,17,21)/t12-,14-,15-/m0/s1. The van der Waals surface area contributed by atoms with Crippen LogP contribution in [0.1, 0.15) is 39.0 Å². The lowest BCUT2D eigenvalue weighted by Gasteiger charge is -2.45. The minimum atomic E-state index is -3.29. The predicted octanol–water partition coefficient (Wildman–Crippen LogP) is -0.732. The monoisotopic (exact) mass is 372 g/mol. The van der Waals surface area contributed by atoms with Gasteiger partial charge in [0.25, 0.3) is 0 Å². The minimum Gasteiger partial charge on any atom is -0.354 e. The Balaban J connectivity index is 1.75. The van der Waals surface area contributed by atoms with Crippen molar-refractivity contribution in [2.24, 2.45) is 0 Å². The molecular formula is C16H28N4O4S. The normalized spacial score (nSPS) is 31.4. The molecule has 0 aromatic carbocycles. The lowest BCUT2D eigenvalue weighted by Crippen LogP contribution is -2.64. The highest BCUT2D eigenvalue weighted by Crippen LogP contribution is 2.32. The fourth-order valence-corrected chi connectivity index (χ4v) is 5.31. The summed E-state index contributed by atoms with van der Waals surface area (Å²) in [5, 5.41) is 2.79. The third-order valence-corrected chi connectivity index (χ3v) is 6.28. The van der Waals surface area contributed by atoms with Gasteiger partial charge in [-0.1, -0.05) is 12.8 Å². The van der Waals surface area contributed by atoms with Gasteiger partial charge in [0, 0.05) is 44.7 Å². The van der Waals surface area contributed by atoms with Gasteiger partial charge in [-0.25, -0.2) is 13.1 Å². The van der Waals surface area contributed by atoms with Crippen molar-refractivity contribution in [1.29, 1.82) is 0 Å². The van der Waals surface area contributed by atoms with Crippen molar-refractivity contribution in [3.8, 4) is 0 Å². The molecule has 0 bridgehead atoms. The third-order valence-electron chi connectivity index (χ3n) is 5.52. The summed E-state index contributed by atoms with van der Waals surface area (Å²) in [6.45, 7) is 2.93. The number of hydrogen-bond acceptors (Lipinski definition) is 5. The van der Waals surface area contributed by atoms with E-state index in [4.69, 9.17) is 0 Å². The first-order valence-electron chi connectivity index (χ1n) is 9.02. The summed E-state index contributed by atoms with van der Waals surface area (Å²) < 4.78 is 25.7. The number of amides is 2. The van der Waals surface area contributed by atoms with Crippen molar-refractivity contribution in [3.05, 3.63) is 0 Å². The first kappa shape index (κ1) is 18.6. The molecule has 0 aromatic heterocycles. The molecule has 0 spiro atoms. The van der Waals surface area contributed by atoms with E-state index in [9.17, 15) is 18.0 Å². The van der Waals surface area contributed by atoms with E-state index in [1.807, 2.05) is 0 Å². The molecule has 9 heteroatoms. The minimum absolute atomic E-state index is 0.00898. The summed E-state index contributed by atoms with van der Waals surface area (Å²) in [6.07, 6.45) is 6.32. The van der Waals surface area contributed by atoms with Crippen LogP contribution in [0, 0.1) is 0 Å². The Hall–Kier alpha value is -1.19. The van der Waals surface area contributed by atoms with Gasteiger partial charge < -0.3 is 10.2 Å². The van der Waals surface area contributed by atoms with Gasteiger partial charge in [0.1, 0.15) is 6.04 Å². The van der Waals surface area contributed by atoms with Gasteiger partial charge in [-0.15, -0.1) is 0 Å². The van der Waals surface area contributed by atoms with Crippen LogP contribution in [-0.2, 0) is 19.6 Å². The van der Waals surface area contributed by atoms with Gasteiger partial charge in [0.15, 0.2) is 0 Å². The smallest absolute Gasteiger partial charge is 0.242 e. The average molecular weight is 372 g/mol. The lowest BCUT2D eigenvalue weighted by atomic mass is 10.0. The Morgan fingerprint density at radius 2 is 1.88 bits per heavy atom. The molecule has 3 rings (SSSR count). The number of nitrogens with zero attached hydrogens (tertiary/aromatic N) is 2. The Kier molecular flexibility index (Phi) is 5.36. The van der Waals surface area contributed by atoms with E-state index in [-0.39, 0.29) is 29.9 Å². The number of rotatable bonds is 5. The predicted molar refractivity (Wildman–Crippen MR) is 93.3 cm³/mol. The second-order valence-corrected chi connectivity index (χ2v) is 9.34. The molecule has 1 saturated carbocycles. The van der Waals surface area contributed by atoms with E-state index in [0.717, 1.165) is 25.6 Å². The maximum absolute atomic E-state index is 13.1. The maximum Gasteiger partial charge on any atom is 0.242 e. The molecule has 0 radical (unpaired) electrons. The second-order valence-electron chi connectivity index (χ2n) is 7.56. The summed E-state index contributed by atoms with van der Waals surface area (Å²) >= 11 is 0. The summed E-state index contributed by atoms with van der Waals surface area (Å²) in [5.74, 6) is -0.131. The molecule has 1 aliphatic carbocycles. The topological polar surface area (TPSA) is 98.8 Å². The first-order chi connectivity index (χ1) is 11.7. The van der Waals surface area contributed by atoms with E-state index in [2.05, 4.69) is 14.9 Å². The van der Waals surface area contributed by atoms with Gasteiger partial charge in [0.2, 0.25) is 21.8 Å². The van der Waals surface area contributed by atoms with Gasteiger partial charge in [0.05, 0.1) is 6.26 Å². The highest BCUT2D eigenvalue weighted by atomic mass is 32.2. The van der Waals surface area contributed by atoms with Gasteiger partial charge >= 0.3 is 0 Å². The lowest BCUT2D eigenvalue weighted by molar-refractivity contribution is -0.145. The van der Waals surface area contributed by atoms with Crippen LogP contribution < -0.4 is 10.0 Å². The van der Waals surface area contributed by atoms with Crippen LogP contribution in [-0.4, -0.2) is 80.1 Å². The number of fused-ring (bicyclic) bond motifs is 1. The van der Waals surface area contributed by atoms with Crippen molar-refractivity contribution >= 4 is 21.8 Å². The largest absolute Gasteiger partial charge is 0.354 e. The highest BCUT2D eigenvalue weighted by molar-refractivity contribution is 7.88. The fourth-order valence-electron chi connectivity index (χ4n) is 4.54. The summed E-state index contributed by atoms with van der Waals surface area (Å²) in [4.78, 5) is 28.4. The van der Waals surface area contributed by atoms with Crippen LogP contribution in [0.25, 0.3) is 0 Å². The van der Waals surface area contributed by atoms with Gasteiger partial charge in [-0.3, -0.25) is 14.5 Å². The Morgan fingerprint density at radius 3 is 2.48 bits per heavy atom. The average Bonchev–Trinajstić information content (AvgIpc) is 3.13. The van der Waals surface area contributed by atoms with E-state index in [0.29, 0.717) is 25.6 Å². The number of sulfonamides is 1. The van der Waals surface area contributed by atoms with Gasteiger partial charge in [-0.05, 0) is 19.3 Å². The van der Waals surface area contributed by atoms with Crippen molar-refractivity contribution in [1.82, 2.24) is 19.8 Å². The summed E-state index contributed by atoms with van der Waals surface area (Å²) in [7, 11) is -3.29. The molecule has 2 saturated heterocycles. The van der Waals surface area contributed by atoms with Crippen LogP contribution in [0.3, 0.4) is 0 Å². The molecule has 8 nitrogen and oxygen atoms in total. The number of nitrogens with one attached hydrogen (secondary N) is 2. The molecule has 142 valence electrons. The molecule has 2 N–H and O–H groups in total. The summed E-state index contributed by atoms with van der Waals surface area (Å²) in [6, 6.07) is -0.151. The molecule has 0 unspecified atom stereocenters. The zero-order valence-corrected chi connectivity index (χ0v) is 15.7. The Morgan fingerprint density at radius 1 is 1.20 bits per heavy atom. The quantitative estimate of drug-likeness (QED) is 0.663. The van der Waals surface area contributed by atoms with Crippen molar-refractivity contribution < 1.29 is 18.0 Å². The zero-order valence-electron chi connectivity index (χ0n) is 14.9. The van der Waals surface area contributed by atoms with Crippen LogP contribution in [0.5, 0.6) is 0 Å². The first-order valence-corrected chi connectivity index (χ1v) is 10.9. The van der Waals surface area contributed by atoms with Gasteiger partial charge in [-0.2, -0.15) is 0 Å². The number of hydrogen-bond donors (Lipinski definition) is 2. The van der Waals surface area contributed by atoms with E-state index < -0.39 is 10.0 Å². The maximum atomic E-state index is 13.1. The van der Waals surface area contributed by atoms with Crippen molar-refractivity contribution in [3.63, 3.8) is 0 Å². The third kappa shape index (κ3) is 4.32. The van der Waals surface area contributed by atoms with E-state index >= 15 is 0 Å². The molecule has 3 fully saturated rings. The molecule has 2 heterocycles. The van der Waals surface area contributed by atoms with Crippen molar-refractivity contribution in [2.75, 3.05) is 25.9 Å². The van der Waals surface area contributed by atoms with E-state index in [1.54, 1.807) is 4.90 Å². The highest BCUT2D eigenvalue weighted by Gasteiger charge is 2.47. The van der Waals surface area contributed by atoms with Crippen LogP contribution in [0.4, 0.5) is 0 Å². The Bertz CT molecular complexity index is 632. The van der Waals surface area contributed by atoms with Crippen molar-refractivity contribution in [2.45, 2.75) is 63.2 Å². The molecule has 0 aromatic rings.